The third kappa shape index (κ3) is 4.61. The first-order valence-electron chi connectivity index (χ1n) is 9.31. The van der Waals surface area contributed by atoms with E-state index in [4.69, 9.17) is 21.1 Å². The fraction of sp³-hybridized carbons (Fsp3) is 0.143. The maximum absolute atomic E-state index is 13.3. The van der Waals surface area contributed by atoms with Gasteiger partial charge in [0.15, 0.2) is 23.0 Å². The van der Waals surface area contributed by atoms with Gasteiger partial charge in [-0.25, -0.2) is 4.39 Å². The number of nitrogens with one attached hydrogen (secondary N) is 1. The molecule has 2 heterocycles. The van der Waals surface area contributed by atoms with Crippen LogP contribution in [0.15, 0.2) is 53.6 Å². The van der Waals surface area contributed by atoms with Crippen molar-refractivity contribution in [1.29, 1.82) is 0 Å². The summed E-state index contributed by atoms with van der Waals surface area (Å²) in [5, 5.41) is 16.1. The summed E-state index contributed by atoms with van der Waals surface area (Å²) >= 11 is 6.98. The number of aromatic nitrogens is 4. The van der Waals surface area contributed by atoms with Crippen molar-refractivity contribution in [2.75, 3.05) is 25.3 Å². The number of carbonyl (C=O) groups is 1. The molecule has 164 valence electrons. The van der Waals surface area contributed by atoms with E-state index in [9.17, 15) is 9.18 Å². The average Bonchev–Trinajstić information content (AvgIpc) is 3.23. The number of methoxy groups -OCH3 is 2. The van der Waals surface area contributed by atoms with Crippen molar-refractivity contribution in [3.05, 3.63) is 59.4 Å². The molecule has 0 spiro atoms. The first-order valence-corrected chi connectivity index (χ1v) is 10.7. The van der Waals surface area contributed by atoms with Crippen LogP contribution < -0.4 is 14.8 Å². The zero-order valence-corrected chi connectivity index (χ0v) is 18.6. The minimum atomic E-state index is -0.546. The van der Waals surface area contributed by atoms with E-state index in [1.165, 1.54) is 30.0 Å². The maximum Gasteiger partial charge on any atom is 0.234 e. The number of anilines is 1. The molecule has 0 radical (unpaired) electrons. The van der Waals surface area contributed by atoms with Crippen LogP contribution in [-0.2, 0) is 4.79 Å². The molecular weight excluding hydrogens is 457 g/mol. The molecule has 11 heteroatoms. The van der Waals surface area contributed by atoms with Gasteiger partial charge in [-0.1, -0.05) is 23.4 Å². The zero-order chi connectivity index (χ0) is 22.7. The minimum Gasteiger partial charge on any atom is -0.493 e. The van der Waals surface area contributed by atoms with Gasteiger partial charge in [-0.2, -0.15) is 9.61 Å². The molecule has 2 aromatic carbocycles. The van der Waals surface area contributed by atoms with Crippen molar-refractivity contribution < 1.29 is 18.7 Å². The summed E-state index contributed by atoms with van der Waals surface area (Å²) in [6.07, 6.45) is 0. The Morgan fingerprint density at radius 2 is 1.91 bits per heavy atom. The molecule has 0 aliphatic rings. The van der Waals surface area contributed by atoms with Crippen LogP contribution in [0.2, 0.25) is 5.02 Å². The van der Waals surface area contributed by atoms with Crippen molar-refractivity contribution in [2.45, 2.75) is 5.03 Å². The third-order valence-electron chi connectivity index (χ3n) is 4.43. The van der Waals surface area contributed by atoms with E-state index in [0.29, 0.717) is 33.7 Å². The summed E-state index contributed by atoms with van der Waals surface area (Å²) in [6, 6.07) is 12.9. The summed E-state index contributed by atoms with van der Waals surface area (Å²) in [6.45, 7) is 0. The lowest BCUT2D eigenvalue weighted by Gasteiger charge is -2.09. The topological polar surface area (TPSA) is 90.6 Å². The quantitative estimate of drug-likeness (QED) is 0.399. The number of thioether (sulfide) groups is 1. The molecule has 2 aromatic heterocycles. The summed E-state index contributed by atoms with van der Waals surface area (Å²) in [5.74, 6) is 0.960. The van der Waals surface area contributed by atoms with E-state index < -0.39 is 5.82 Å². The van der Waals surface area contributed by atoms with E-state index >= 15 is 0 Å². The van der Waals surface area contributed by atoms with Crippen molar-refractivity contribution in [2.24, 2.45) is 0 Å². The Balaban J connectivity index is 1.51. The van der Waals surface area contributed by atoms with Gasteiger partial charge in [-0.3, -0.25) is 4.79 Å². The van der Waals surface area contributed by atoms with E-state index in [2.05, 4.69) is 20.6 Å². The molecular formula is C21H17ClFN5O3S. The fourth-order valence-corrected chi connectivity index (χ4v) is 3.75. The van der Waals surface area contributed by atoms with Gasteiger partial charge < -0.3 is 14.8 Å². The molecule has 0 atom stereocenters. The summed E-state index contributed by atoms with van der Waals surface area (Å²) in [4.78, 5) is 12.3. The number of ether oxygens (including phenoxy) is 2. The summed E-state index contributed by atoms with van der Waals surface area (Å²) in [7, 11) is 3.12. The van der Waals surface area contributed by atoms with Gasteiger partial charge in [0.2, 0.25) is 5.91 Å². The van der Waals surface area contributed by atoms with Crippen molar-refractivity contribution >= 4 is 40.6 Å². The Bertz CT molecular complexity index is 1300. The highest BCUT2D eigenvalue weighted by Gasteiger charge is 2.14. The molecule has 8 nitrogen and oxygen atoms in total. The van der Waals surface area contributed by atoms with E-state index in [1.807, 2.05) is 6.07 Å². The molecule has 32 heavy (non-hydrogen) atoms. The van der Waals surface area contributed by atoms with E-state index in [1.54, 1.807) is 43.0 Å². The molecule has 4 aromatic rings. The van der Waals surface area contributed by atoms with Crippen LogP contribution in [0.5, 0.6) is 11.5 Å². The highest BCUT2D eigenvalue weighted by Crippen LogP contribution is 2.31. The Morgan fingerprint density at radius 3 is 2.66 bits per heavy atom. The smallest absolute Gasteiger partial charge is 0.234 e. The van der Waals surface area contributed by atoms with Crippen LogP contribution in [-0.4, -0.2) is 45.7 Å². The average molecular weight is 474 g/mol. The third-order valence-corrected chi connectivity index (χ3v) is 5.64. The van der Waals surface area contributed by atoms with Crippen molar-refractivity contribution in [3.8, 4) is 22.9 Å². The van der Waals surface area contributed by atoms with Crippen LogP contribution in [0.4, 0.5) is 10.1 Å². The molecule has 0 aliphatic carbocycles. The van der Waals surface area contributed by atoms with E-state index in [0.717, 1.165) is 5.56 Å². The Labute approximate surface area is 191 Å². The second kappa shape index (κ2) is 9.41. The summed E-state index contributed by atoms with van der Waals surface area (Å²) < 4.78 is 25.5. The first-order chi connectivity index (χ1) is 15.5. The lowest BCUT2D eigenvalue weighted by atomic mass is 10.2. The Hall–Kier alpha value is -3.37. The van der Waals surface area contributed by atoms with Crippen molar-refractivity contribution in [1.82, 2.24) is 19.8 Å². The summed E-state index contributed by atoms with van der Waals surface area (Å²) in [5.41, 5.74) is 1.72. The van der Waals surface area contributed by atoms with Crippen LogP contribution in [0.1, 0.15) is 0 Å². The van der Waals surface area contributed by atoms with Crippen LogP contribution >= 0.6 is 23.4 Å². The van der Waals surface area contributed by atoms with E-state index in [-0.39, 0.29) is 16.7 Å². The number of rotatable bonds is 7. The van der Waals surface area contributed by atoms with Crippen LogP contribution in [0.25, 0.3) is 17.0 Å². The lowest BCUT2D eigenvalue weighted by molar-refractivity contribution is -0.113. The predicted molar refractivity (Wildman–Crippen MR) is 120 cm³/mol. The molecule has 0 saturated carbocycles. The Kier molecular flexibility index (Phi) is 6.42. The molecule has 0 saturated heterocycles. The van der Waals surface area contributed by atoms with Gasteiger partial charge in [0.1, 0.15) is 10.8 Å². The normalized spacial score (nSPS) is 10.9. The molecule has 1 N–H and O–H groups in total. The second-order valence-corrected chi connectivity index (χ2v) is 7.90. The number of halogens is 2. The largest absolute Gasteiger partial charge is 0.493 e. The highest BCUT2D eigenvalue weighted by atomic mass is 35.5. The predicted octanol–water partition coefficient (Wildman–Crippen LogP) is 4.33. The van der Waals surface area contributed by atoms with Gasteiger partial charge in [0, 0.05) is 11.3 Å². The monoisotopic (exact) mass is 473 g/mol. The number of nitrogens with zero attached hydrogens (tertiary/aromatic N) is 4. The minimum absolute atomic E-state index is 0.0575. The number of fused-ring (bicyclic) bond motifs is 1. The van der Waals surface area contributed by atoms with Crippen molar-refractivity contribution in [3.63, 3.8) is 0 Å². The molecule has 1 amide bonds. The number of carbonyl (C=O) groups excluding carboxylic acids is 1. The second-order valence-electron chi connectivity index (χ2n) is 6.50. The maximum atomic E-state index is 13.3. The lowest BCUT2D eigenvalue weighted by Crippen LogP contribution is -2.14. The van der Waals surface area contributed by atoms with Gasteiger partial charge in [-0.15, -0.1) is 10.2 Å². The van der Waals surface area contributed by atoms with Gasteiger partial charge in [-0.05, 0) is 48.5 Å². The molecule has 0 aliphatic heterocycles. The number of benzene rings is 2. The zero-order valence-electron chi connectivity index (χ0n) is 17.0. The Morgan fingerprint density at radius 1 is 1.09 bits per heavy atom. The van der Waals surface area contributed by atoms with Gasteiger partial charge >= 0.3 is 0 Å². The SMILES string of the molecule is COc1ccc(-c2nnc3ccc(SCC(=O)Nc4ccc(F)c(Cl)c4)nn23)cc1OC. The van der Waals surface area contributed by atoms with Crippen LogP contribution in [0.3, 0.4) is 0 Å². The highest BCUT2D eigenvalue weighted by molar-refractivity contribution is 7.99. The standard InChI is InChI=1S/C21H17ClFN5O3S/c1-30-16-6-3-12(9-17(16)31-2)21-26-25-18-7-8-20(27-28(18)21)32-11-19(29)24-13-4-5-15(23)14(22)10-13/h3-10H,11H2,1-2H3,(H,24,29). The first kappa shape index (κ1) is 21.8. The molecule has 0 unspecified atom stereocenters. The molecule has 0 fully saturated rings. The van der Waals surface area contributed by atoms with Gasteiger partial charge in [0.25, 0.3) is 0 Å². The van der Waals surface area contributed by atoms with Crippen LogP contribution in [0, 0.1) is 5.82 Å². The molecule has 4 rings (SSSR count). The molecule has 0 bridgehead atoms. The number of hydrogen-bond donors (Lipinski definition) is 1. The number of amides is 1. The van der Waals surface area contributed by atoms with Gasteiger partial charge in [0.05, 0.1) is 25.0 Å². The number of hydrogen-bond acceptors (Lipinski definition) is 7. The fourth-order valence-electron chi connectivity index (χ4n) is 2.91.